The van der Waals surface area contributed by atoms with Gasteiger partial charge >= 0.3 is 5.97 Å². The molecular formula is C21H21N3O4. The number of ether oxygens (including phenoxy) is 2. The SMILES string of the molecule is CCOc1ccccc1NC(=O)[C@@H](C)OC(=O)c1ccc(-n2cccn2)cc1. The molecular weight excluding hydrogens is 358 g/mol. The van der Waals surface area contributed by atoms with E-state index in [0.717, 1.165) is 5.69 Å². The highest BCUT2D eigenvalue weighted by atomic mass is 16.5. The number of benzene rings is 2. The van der Waals surface area contributed by atoms with Gasteiger partial charge in [-0.1, -0.05) is 12.1 Å². The summed E-state index contributed by atoms with van der Waals surface area (Å²) in [5, 5.41) is 6.86. The lowest BCUT2D eigenvalue weighted by Gasteiger charge is -2.15. The van der Waals surface area contributed by atoms with Gasteiger partial charge in [0.25, 0.3) is 5.91 Å². The zero-order valence-corrected chi connectivity index (χ0v) is 15.7. The number of nitrogens with zero attached hydrogens (tertiary/aromatic N) is 2. The van der Waals surface area contributed by atoms with E-state index >= 15 is 0 Å². The molecule has 0 unspecified atom stereocenters. The molecule has 3 rings (SSSR count). The van der Waals surface area contributed by atoms with Gasteiger partial charge in [0, 0.05) is 12.4 Å². The van der Waals surface area contributed by atoms with E-state index in [1.54, 1.807) is 59.5 Å². The summed E-state index contributed by atoms with van der Waals surface area (Å²) < 4.78 is 12.4. The molecule has 0 radical (unpaired) electrons. The van der Waals surface area contributed by atoms with Crippen molar-refractivity contribution in [2.24, 2.45) is 0 Å². The summed E-state index contributed by atoms with van der Waals surface area (Å²) in [5.74, 6) is -0.451. The molecule has 0 fully saturated rings. The molecule has 7 heteroatoms. The maximum Gasteiger partial charge on any atom is 0.338 e. The van der Waals surface area contributed by atoms with Gasteiger partial charge in [0.05, 0.1) is 23.5 Å². The highest BCUT2D eigenvalue weighted by Crippen LogP contribution is 2.24. The predicted molar refractivity (Wildman–Crippen MR) is 105 cm³/mol. The van der Waals surface area contributed by atoms with Crippen molar-refractivity contribution in [1.82, 2.24) is 9.78 Å². The normalized spacial score (nSPS) is 11.5. The van der Waals surface area contributed by atoms with Crippen molar-refractivity contribution in [1.29, 1.82) is 0 Å². The van der Waals surface area contributed by atoms with Gasteiger partial charge in [-0.3, -0.25) is 4.79 Å². The topological polar surface area (TPSA) is 82.5 Å². The van der Waals surface area contributed by atoms with Gasteiger partial charge in [-0.05, 0) is 56.3 Å². The molecule has 3 aromatic rings. The third-order valence-corrected chi connectivity index (χ3v) is 3.97. The zero-order chi connectivity index (χ0) is 19.9. The summed E-state index contributed by atoms with van der Waals surface area (Å²) in [4.78, 5) is 24.7. The fourth-order valence-electron chi connectivity index (χ4n) is 2.54. The Morgan fingerprint density at radius 2 is 1.86 bits per heavy atom. The van der Waals surface area contributed by atoms with Crippen LogP contribution < -0.4 is 10.1 Å². The third-order valence-electron chi connectivity index (χ3n) is 3.97. The molecule has 144 valence electrons. The molecule has 0 aliphatic rings. The van der Waals surface area contributed by atoms with Crippen LogP contribution in [0.15, 0.2) is 67.0 Å². The molecule has 1 aromatic heterocycles. The second kappa shape index (κ2) is 8.85. The lowest BCUT2D eigenvalue weighted by molar-refractivity contribution is -0.123. The number of esters is 1. The van der Waals surface area contributed by atoms with Crippen molar-refractivity contribution in [3.8, 4) is 11.4 Å². The average Bonchev–Trinajstić information content (AvgIpc) is 3.24. The van der Waals surface area contributed by atoms with Crippen LogP contribution in [0.5, 0.6) is 5.75 Å². The highest BCUT2D eigenvalue weighted by molar-refractivity contribution is 5.98. The quantitative estimate of drug-likeness (QED) is 0.636. The number of para-hydroxylation sites is 2. The first-order valence-electron chi connectivity index (χ1n) is 8.92. The van der Waals surface area contributed by atoms with Crippen molar-refractivity contribution in [2.45, 2.75) is 20.0 Å². The summed E-state index contributed by atoms with van der Waals surface area (Å²) >= 11 is 0. The van der Waals surface area contributed by atoms with Crippen LogP contribution in [0, 0.1) is 0 Å². The first-order chi connectivity index (χ1) is 13.6. The van der Waals surface area contributed by atoms with E-state index in [1.807, 2.05) is 19.1 Å². The number of rotatable bonds is 7. The number of hydrogen-bond acceptors (Lipinski definition) is 5. The zero-order valence-electron chi connectivity index (χ0n) is 15.7. The molecule has 0 aliphatic carbocycles. The van der Waals surface area contributed by atoms with E-state index in [9.17, 15) is 9.59 Å². The van der Waals surface area contributed by atoms with Crippen LogP contribution in [0.1, 0.15) is 24.2 Å². The van der Waals surface area contributed by atoms with Crippen LogP contribution in [0.4, 0.5) is 5.69 Å². The first kappa shape index (κ1) is 19.2. The molecule has 28 heavy (non-hydrogen) atoms. The fraction of sp³-hybridized carbons (Fsp3) is 0.190. The molecule has 0 bridgehead atoms. The van der Waals surface area contributed by atoms with Gasteiger partial charge in [0.2, 0.25) is 0 Å². The van der Waals surface area contributed by atoms with Crippen LogP contribution in [0.3, 0.4) is 0 Å². The molecule has 1 amide bonds. The van der Waals surface area contributed by atoms with Crippen molar-refractivity contribution < 1.29 is 19.1 Å². The largest absolute Gasteiger partial charge is 0.492 e. The molecule has 2 aromatic carbocycles. The molecule has 7 nitrogen and oxygen atoms in total. The molecule has 0 aliphatic heterocycles. The summed E-state index contributed by atoms with van der Waals surface area (Å²) in [7, 11) is 0. The molecule has 0 saturated carbocycles. The Morgan fingerprint density at radius 3 is 2.54 bits per heavy atom. The minimum Gasteiger partial charge on any atom is -0.492 e. The van der Waals surface area contributed by atoms with Gasteiger partial charge in [0.15, 0.2) is 6.10 Å². The molecule has 0 saturated heterocycles. The predicted octanol–water partition coefficient (Wildman–Crippen LogP) is 3.46. The van der Waals surface area contributed by atoms with E-state index < -0.39 is 18.0 Å². The number of aromatic nitrogens is 2. The second-order valence-corrected chi connectivity index (χ2v) is 5.96. The van der Waals surface area contributed by atoms with Crippen LogP contribution in [-0.2, 0) is 9.53 Å². The van der Waals surface area contributed by atoms with Gasteiger partial charge in [-0.15, -0.1) is 0 Å². The number of amides is 1. The van der Waals surface area contributed by atoms with Crippen LogP contribution >= 0.6 is 0 Å². The van der Waals surface area contributed by atoms with Crippen molar-refractivity contribution in [3.05, 3.63) is 72.6 Å². The number of carbonyl (C=O) groups is 2. The Morgan fingerprint density at radius 1 is 1.11 bits per heavy atom. The maximum atomic E-state index is 12.4. The third kappa shape index (κ3) is 4.56. The highest BCUT2D eigenvalue weighted by Gasteiger charge is 2.20. The van der Waals surface area contributed by atoms with E-state index in [2.05, 4.69) is 10.4 Å². The number of hydrogen-bond donors (Lipinski definition) is 1. The van der Waals surface area contributed by atoms with Gasteiger partial charge in [0.1, 0.15) is 5.75 Å². The fourth-order valence-corrected chi connectivity index (χ4v) is 2.54. The summed E-state index contributed by atoms with van der Waals surface area (Å²) in [6.45, 7) is 3.86. The Labute approximate surface area is 162 Å². The Bertz CT molecular complexity index is 937. The van der Waals surface area contributed by atoms with E-state index in [4.69, 9.17) is 9.47 Å². The van der Waals surface area contributed by atoms with Crippen LogP contribution in [0.25, 0.3) is 5.69 Å². The maximum absolute atomic E-state index is 12.4. The number of carbonyl (C=O) groups excluding carboxylic acids is 2. The Hall–Kier alpha value is -3.61. The average molecular weight is 379 g/mol. The van der Waals surface area contributed by atoms with E-state index in [1.165, 1.54) is 6.92 Å². The summed E-state index contributed by atoms with van der Waals surface area (Å²) in [5.41, 5.74) is 1.70. The van der Waals surface area contributed by atoms with Gasteiger partial charge < -0.3 is 14.8 Å². The van der Waals surface area contributed by atoms with Crippen molar-refractivity contribution >= 4 is 17.6 Å². The monoisotopic (exact) mass is 379 g/mol. The van der Waals surface area contributed by atoms with Crippen molar-refractivity contribution in [2.75, 3.05) is 11.9 Å². The second-order valence-electron chi connectivity index (χ2n) is 5.96. The van der Waals surface area contributed by atoms with E-state index in [0.29, 0.717) is 23.6 Å². The molecule has 1 heterocycles. The Kier molecular flexibility index (Phi) is 6.06. The molecule has 0 spiro atoms. The smallest absolute Gasteiger partial charge is 0.338 e. The van der Waals surface area contributed by atoms with Gasteiger partial charge in [-0.25, -0.2) is 9.48 Å². The van der Waals surface area contributed by atoms with Crippen molar-refractivity contribution in [3.63, 3.8) is 0 Å². The minimum atomic E-state index is -0.965. The summed E-state index contributed by atoms with van der Waals surface area (Å²) in [6.07, 6.45) is 2.51. The lowest BCUT2D eigenvalue weighted by Crippen LogP contribution is -2.30. The van der Waals surface area contributed by atoms with E-state index in [-0.39, 0.29) is 0 Å². The number of nitrogens with one attached hydrogen (secondary N) is 1. The van der Waals surface area contributed by atoms with Crippen LogP contribution in [-0.4, -0.2) is 34.4 Å². The molecule has 1 N–H and O–H groups in total. The number of anilines is 1. The Balaban J connectivity index is 1.61. The van der Waals surface area contributed by atoms with Crippen LogP contribution in [0.2, 0.25) is 0 Å². The lowest BCUT2D eigenvalue weighted by atomic mass is 10.2. The first-order valence-corrected chi connectivity index (χ1v) is 8.92. The van der Waals surface area contributed by atoms with Gasteiger partial charge in [-0.2, -0.15) is 5.10 Å². The standard InChI is InChI=1S/C21H21N3O4/c1-3-27-19-8-5-4-7-18(19)23-20(25)15(2)28-21(26)16-9-11-17(12-10-16)24-14-6-13-22-24/h4-15H,3H2,1-2H3,(H,23,25)/t15-/m1/s1. The molecule has 1 atom stereocenters. The minimum absolute atomic E-state index is 0.352. The summed E-state index contributed by atoms with van der Waals surface area (Å²) in [6, 6.07) is 15.7.